The Balaban J connectivity index is 1.75. The number of amides is 1. The molecule has 0 fully saturated rings. The van der Waals surface area contributed by atoms with Crippen LogP contribution in [-0.4, -0.2) is 27.8 Å². The van der Waals surface area contributed by atoms with Gasteiger partial charge in [0.25, 0.3) is 0 Å². The third-order valence-electron chi connectivity index (χ3n) is 3.88. The zero-order chi connectivity index (χ0) is 20.3. The summed E-state index contributed by atoms with van der Waals surface area (Å²) in [5.74, 6) is -4.30. The lowest BCUT2D eigenvalue weighted by molar-refractivity contribution is -0.115. The first-order valence-corrected chi connectivity index (χ1v) is 9.07. The number of nitrogens with zero attached hydrogens (tertiary/aromatic N) is 2. The SMILES string of the molecule is COc1cccc(-n2ccnc2S[C@H](C)C(=O)Nc2ccc(F)c(F)c2F)c1. The fourth-order valence-electron chi connectivity index (χ4n) is 2.40. The second kappa shape index (κ2) is 8.39. The number of anilines is 1. The lowest BCUT2D eigenvalue weighted by atomic mass is 10.2. The van der Waals surface area contributed by atoms with E-state index in [1.807, 2.05) is 18.2 Å². The molecule has 146 valence electrons. The van der Waals surface area contributed by atoms with Crippen LogP contribution in [0.15, 0.2) is 53.9 Å². The standard InChI is InChI=1S/C19H16F3N3O2S/c1-11(18(26)24-15-7-6-14(20)16(21)17(15)22)28-19-23-8-9-25(19)12-4-3-5-13(10-12)27-2/h3-11H,1-2H3,(H,24,26)/t11-/m1/s1. The summed E-state index contributed by atoms with van der Waals surface area (Å²) in [6, 6.07) is 9.02. The number of hydrogen-bond acceptors (Lipinski definition) is 4. The van der Waals surface area contributed by atoms with Gasteiger partial charge in [-0.1, -0.05) is 17.8 Å². The predicted octanol–water partition coefficient (Wildman–Crippen LogP) is 4.42. The molecule has 0 unspecified atom stereocenters. The van der Waals surface area contributed by atoms with Gasteiger partial charge in [-0.3, -0.25) is 9.36 Å². The van der Waals surface area contributed by atoms with Gasteiger partial charge in [-0.25, -0.2) is 18.2 Å². The van der Waals surface area contributed by atoms with Crippen molar-refractivity contribution in [3.63, 3.8) is 0 Å². The Morgan fingerprint density at radius 1 is 1.21 bits per heavy atom. The number of aromatic nitrogens is 2. The van der Waals surface area contributed by atoms with E-state index in [0.717, 1.165) is 29.6 Å². The minimum atomic E-state index is -1.63. The summed E-state index contributed by atoms with van der Waals surface area (Å²) in [5, 5.41) is 2.12. The monoisotopic (exact) mass is 407 g/mol. The number of carbonyl (C=O) groups excluding carboxylic acids is 1. The normalized spacial score (nSPS) is 11.9. The number of hydrogen-bond donors (Lipinski definition) is 1. The number of halogens is 3. The van der Waals surface area contributed by atoms with Crippen molar-refractivity contribution in [3.05, 3.63) is 66.2 Å². The molecule has 0 spiro atoms. The molecule has 28 heavy (non-hydrogen) atoms. The van der Waals surface area contributed by atoms with Gasteiger partial charge in [-0.05, 0) is 31.2 Å². The van der Waals surface area contributed by atoms with Crippen molar-refractivity contribution in [2.24, 2.45) is 0 Å². The Kier molecular flexibility index (Phi) is 5.93. The summed E-state index contributed by atoms with van der Waals surface area (Å²) in [6.45, 7) is 1.60. The number of thioether (sulfide) groups is 1. The van der Waals surface area contributed by atoms with E-state index in [2.05, 4.69) is 10.3 Å². The number of nitrogens with one attached hydrogen (secondary N) is 1. The van der Waals surface area contributed by atoms with E-state index in [4.69, 9.17) is 4.74 Å². The molecule has 1 N–H and O–H groups in total. The van der Waals surface area contributed by atoms with Crippen molar-refractivity contribution >= 4 is 23.4 Å². The highest BCUT2D eigenvalue weighted by molar-refractivity contribution is 8.00. The second-order valence-corrected chi connectivity index (χ2v) is 7.06. The number of rotatable bonds is 6. The van der Waals surface area contributed by atoms with Gasteiger partial charge in [0.1, 0.15) is 5.75 Å². The smallest absolute Gasteiger partial charge is 0.237 e. The first-order chi connectivity index (χ1) is 13.4. The van der Waals surface area contributed by atoms with E-state index in [-0.39, 0.29) is 0 Å². The van der Waals surface area contributed by atoms with Gasteiger partial charge in [-0.2, -0.15) is 0 Å². The van der Waals surface area contributed by atoms with Gasteiger partial charge >= 0.3 is 0 Å². The molecule has 0 aliphatic carbocycles. The molecule has 5 nitrogen and oxygen atoms in total. The van der Waals surface area contributed by atoms with Gasteiger partial charge in [0.05, 0.1) is 23.7 Å². The van der Waals surface area contributed by atoms with Crippen molar-refractivity contribution < 1.29 is 22.7 Å². The van der Waals surface area contributed by atoms with Crippen LogP contribution >= 0.6 is 11.8 Å². The molecular formula is C19H16F3N3O2S. The molecule has 2 aromatic carbocycles. The highest BCUT2D eigenvalue weighted by Crippen LogP contribution is 2.27. The van der Waals surface area contributed by atoms with Gasteiger partial charge in [-0.15, -0.1) is 0 Å². The van der Waals surface area contributed by atoms with Gasteiger partial charge in [0.15, 0.2) is 22.6 Å². The molecule has 1 atom stereocenters. The first kappa shape index (κ1) is 19.8. The largest absolute Gasteiger partial charge is 0.497 e. The summed E-state index contributed by atoms with van der Waals surface area (Å²) in [6.07, 6.45) is 3.32. The topological polar surface area (TPSA) is 56.2 Å². The summed E-state index contributed by atoms with van der Waals surface area (Å²) in [4.78, 5) is 16.6. The minimum Gasteiger partial charge on any atom is -0.497 e. The summed E-state index contributed by atoms with van der Waals surface area (Å²) >= 11 is 1.13. The predicted molar refractivity (Wildman–Crippen MR) is 100 cm³/mol. The quantitative estimate of drug-likeness (QED) is 0.486. The van der Waals surface area contributed by atoms with Crippen molar-refractivity contribution in [2.75, 3.05) is 12.4 Å². The van der Waals surface area contributed by atoms with Crippen LogP contribution in [-0.2, 0) is 4.79 Å². The number of benzene rings is 2. The van der Waals surface area contributed by atoms with E-state index < -0.39 is 34.3 Å². The Labute approximate surface area is 163 Å². The maximum Gasteiger partial charge on any atom is 0.237 e. The van der Waals surface area contributed by atoms with Crippen molar-refractivity contribution in [3.8, 4) is 11.4 Å². The van der Waals surface area contributed by atoms with E-state index >= 15 is 0 Å². The fourth-order valence-corrected chi connectivity index (χ4v) is 3.29. The lowest BCUT2D eigenvalue weighted by Gasteiger charge is -2.14. The Morgan fingerprint density at radius 2 is 2.00 bits per heavy atom. The van der Waals surface area contributed by atoms with Crippen molar-refractivity contribution in [2.45, 2.75) is 17.3 Å². The molecule has 3 aromatic rings. The van der Waals surface area contributed by atoms with E-state index in [0.29, 0.717) is 10.9 Å². The van der Waals surface area contributed by atoms with Crippen LogP contribution in [0, 0.1) is 17.5 Å². The van der Waals surface area contributed by atoms with Gasteiger partial charge < -0.3 is 10.1 Å². The molecular weight excluding hydrogens is 391 g/mol. The molecule has 0 aliphatic rings. The maximum absolute atomic E-state index is 13.8. The Morgan fingerprint density at radius 3 is 2.75 bits per heavy atom. The maximum atomic E-state index is 13.8. The van der Waals surface area contributed by atoms with Crippen molar-refractivity contribution in [1.82, 2.24) is 9.55 Å². The highest BCUT2D eigenvalue weighted by Gasteiger charge is 2.21. The molecule has 1 heterocycles. The first-order valence-electron chi connectivity index (χ1n) is 8.19. The fraction of sp³-hybridized carbons (Fsp3) is 0.158. The number of ether oxygens (including phenoxy) is 1. The molecule has 1 amide bonds. The van der Waals surface area contributed by atoms with Gasteiger partial charge in [0.2, 0.25) is 5.91 Å². The zero-order valence-electron chi connectivity index (χ0n) is 14.9. The zero-order valence-corrected chi connectivity index (χ0v) is 15.8. The molecule has 1 aromatic heterocycles. The molecule has 9 heteroatoms. The average Bonchev–Trinajstić information content (AvgIpc) is 3.16. The van der Waals surface area contributed by atoms with Crippen LogP contribution in [0.3, 0.4) is 0 Å². The number of methoxy groups -OCH3 is 1. The van der Waals surface area contributed by atoms with Crippen LogP contribution in [0.2, 0.25) is 0 Å². The van der Waals surface area contributed by atoms with Crippen LogP contribution in [0.25, 0.3) is 5.69 Å². The lowest BCUT2D eigenvalue weighted by Crippen LogP contribution is -2.23. The van der Waals surface area contributed by atoms with Crippen molar-refractivity contribution in [1.29, 1.82) is 0 Å². The van der Waals surface area contributed by atoms with E-state index in [1.165, 1.54) is 0 Å². The summed E-state index contributed by atoms with van der Waals surface area (Å²) in [7, 11) is 1.56. The minimum absolute atomic E-state index is 0.424. The molecule has 3 rings (SSSR count). The second-order valence-electron chi connectivity index (χ2n) is 5.75. The Hall–Kier alpha value is -2.94. The summed E-state index contributed by atoms with van der Waals surface area (Å²) in [5.41, 5.74) is 0.367. The third-order valence-corrected chi connectivity index (χ3v) is 4.96. The summed E-state index contributed by atoms with van der Waals surface area (Å²) < 4.78 is 47.1. The highest BCUT2D eigenvalue weighted by atomic mass is 32.2. The molecule has 0 saturated heterocycles. The van der Waals surface area contributed by atoms with Gasteiger partial charge in [0, 0.05) is 18.5 Å². The average molecular weight is 407 g/mol. The Bertz CT molecular complexity index is 1010. The number of imidazole rings is 1. The molecule has 0 bridgehead atoms. The molecule has 0 aliphatic heterocycles. The number of carbonyl (C=O) groups is 1. The van der Waals surface area contributed by atoms with Crippen LogP contribution in [0.1, 0.15) is 6.92 Å². The van der Waals surface area contributed by atoms with E-state index in [1.54, 1.807) is 37.1 Å². The van der Waals surface area contributed by atoms with Crippen LogP contribution in [0.5, 0.6) is 5.75 Å². The van der Waals surface area contributed by atoms with Crippen LogP contribution < -0.4 is 10.1 Å². The molecule has 0 saturated carbocycles. The van der Waals surface area contributed by atoms with Crippen LogP contribution in [0.4, 0.5) is 18.9 Å². The van der Waals surface area contributed by atoms with E-state index in [9.17, 15) is 18.0 Å². The third kappa shape index (κ3) is 4.14. The molecule has 0 radical (unpaired) electrons.